The van der Waals surface area contributed by atoms with Gasteiger partial charge in [0, 0.05) is 11.8 Å². The molecule has 1 aromatic carbocycles. The fourth-order valence-corrected chi connectivity index (χ4v) is 1.59. The Balaban J connectivity index is 2.57. The third-order valence-electron chi connectivity index (χ3n) is 2.45. The fourth-order valence-electron chi connectivity index (χ4n) is 1.59. The van der Waals surface area contributed by atoms with Crippen LogP contribution in [-0.2, 0) is 0 Å². The zero-order valence-corrected chi connectivity index (χ0v) is 9.27. The van der Waals surface area contributed by atoms with E-state index in [1.54, 1.807) is 6.20 Å². The lowest BCUT2D eigenvalue weighted by atomic mass is 10.0. The first kappa shape index (κ1) is 10.5. The lowest BCUT2D eigenvalue weighted by Gasteiger charge is -2.06. The predicted molar refractivity (Wildman–Crippen MR) is 62.3 cm³/mol. The Morgan fingerprint density at radius 2 is 2.00 bits per heavy atom. The molecular weight excluding hydrogens is 200 g/mol. The van der Waals surface area contributed by atoms with Gasteiger partial charge in [-0.1, -0.05) is 17.7 Å². The van der Waals surface area contributed by atoms with Crippen molar-refractivity contribution in [1.82, 2.24) is 9.97 Å². The average Bonchev–Trinajstić information content (AvgIpc) is 2.32. The van der Waals surface area contributed by atoms with Crippen molar-refractivity contribution in [3.05, 3.63) is 47.4 Å². The van der Waals surface area contributed by atoms with Crippen LogP contribution in [0.15, 0.2) is 30.5 Å². The molecular formula is C13H12N2O. The molecule has 0 amide bonds. The minimum Gasteiger partial charge on any atom is -0.294 e. The second kappa shape index (κ2) is 4.23. The standard InChI is InChI=1S/C13H12N2O/c1-9-3-4-10(2)11(7-9)12-5-6-14-13(8-16)15-12/h3-8H,1-2H3. The summed E-state index contributed by atoms with van der Waals surface area (Å²) in [6.07, 6.45) is 2.27. The van der Waals surface area contributed by atoms with Crippen LogP contribution in [0.3, 0.4) is 0 Å². The fraction of sp³-hybridized carbons (Fsp3) is 0.154. The number of aryl methyl sites for hydroxylation is 2. The summed E-state index contributed by atoms with van der Waals surface area (Å²) in [5.41, 5.74) is 4.15. The number of hydrogen-bond donors (Lipinski definition) is 0. The van der Waals surface area contributed by atoms with E-state index in [0.717, 1.165) is 16.8 Å². The lowest BCUT2D eigenvalue weighted by Crippen LogP contribution is -1.95. The normalized spacial score (nSPS) is 10.1. The van der Waals surface area contributed by atoms with E-state index in [9.17, 15) is 4.79 Å². The molecule has 0 saturated heterocycles. The van der Waals surface area contributed by atoms with Gasteiger partial charge in [-0.2, -0.15) is 0 Å². The maximum atomic E-state index is 10.6. The number of carbonyl (C=O) groups is 1. The van der Waals surface area contributed by atoms with Gasteiger partial charge in [0.2, 0.25) is 0 Å². The number of rotatable bonds is 2. The summed E-state index contributed by atoms with van der Waals surface area (Å²) in [6.45, 7) is 4.06. The van der Waals surface area contributed by atoms with E-state index in [4.69, 9.17) is 0 Å². The number of benzene rings is 1. The van der Waals surface area contributed by atoms with Crippen LogP contribution in [0.4, 0.5) is 0 Å². The highest BCUT2D eigenvalue weighted by molar-refractivity contribution is 5.71. The largest absolute Gasteiger partial charge is 0.294 e. The molecule has 1 heterocycles. The van der Waals surface area contributed by atoms with Gasteiger partial charge < -0.3 is 0 Å². The van der Waals surface area contributed by atoms with Crippen LogP contribution in [0.2, 0.25) is 0 Å². The average molecular weight is 212 g/mol. The first-order valence-corrected chi connectivity index (χ1v) is 5.06. The van der Waals surface area contributed by atoms with Crippen molar-refractivity contribution in [1.29, 1.82) is 0 Å². The summed E-state index contributed by atoms with van der Waals surface area (Å²) in [5, 5.41) is 0. The molecule has 0 aliphatic heterocycles. The Bertz CT molecular complexity index is 535. The SMILES string of the molecule is Cc1ccc(C)c(-c2ccnc(C=O)n2)c1. The molecule has 80 valence electrons. The molecule has 0 aliphatic rings. The van der Waals surface area contributed by atoms with Gasteiger partial charge in [0.05, 0.1) is 5.69 Å². The summed E-state index contributed by atoms with van der Waals surface area (Å²) in [7, 11) is 0. The van der Waals surface area contributed by atoms with Gasteiger partial charge >= 0.3 is 0 Å². The minimum absolute atomic E-state index is 0.221. The molecule has 0 atom stereocenters. The van der Waals surface area contributed by atoms with Crippen LogP contribution in [0.1, 0.15) is 21.7 Å². The molecule has 2 aromatic rings. The Morgan fingerprint density at radius 1 is 1.19 bits per heavy atom. The summed E-state index contributed by atoms with van der Waals surface area (Å²) < 4.78 is 0. The van der Waals surface area contributed by atoms with E-state index < -0.39 is 0 Å². The van der Waals surface area contributed by atoms with Gasteiger partial charge in [-0.05, 0) is 31.5 Å². The highest BCUT2D eigenvalue weighted by Gasteiger charge is 2.04. The molecule has 0 aliphatic carbocycles. The molecule has 2 rings (SSSR count). The van der Waals surface area contributed by atoms with Crippen molar-refractivity contribution in [3.63, 3.8) is 0 Å². The lowest BCUT2D eigenvalue weighted by molar-refractivity contribution is 0.111. The molecule has 0 saturated carbocycles. The second-order valence-corrected chi connectivity index (χ2v) is 3.74. The van der Waals surface area contributed by atoms with E-state index in [2.05, 4.69) is 22.1 Å². The third kappa shape index (κ3) is 1.98. The van der Waals surface area contributed by atoms with Crippen molar-refractivity contribution in [2.24, 2.45) is 0 Å². The van der Waals surface area contributed by atoms with Gasteiger partial charge in [0.1, 0.15) is 0 Å². The molecule has 3 heteroatoms. The summed E-state index contributed by atoms with van der Waals surface area (Å²) in [6, 6.07) is 7.98. The molecule has 1 aromatic heterocycles. The second-order valence-electron chi connectivity index (χ2n) is 3.74. The Labute approximate surface area is 94.2 Å². The maximum absolute atomic E-state index is 10.6. The van der Waals surface area contributed by atoms with Crippen molar-refractivity contribution in [2.75, 3.05) is 0 Å². The number of carbonyl (C=O) groups excluding carboxylic acids is 1. The van der Waals surface area contributed by atoms with E-state index in [-0.39, 0.29) is 5.82 Å². The van der Waals surface area contributed by atoms with Crippen LogP contribution in [-0.4, -0.2) is 16.3 Å². The molecule has 0 bridgehead atoms. The van der Waals surface area contributed by atoms with Crippen LogP contribution in [0.25, 0.3) is 11.3 Å². The molecule has 3 nitrogen and oxygen atoms in total. The van der Waals surface area contributed by atoms with Gasteiger partial charge in [-0.25, -0.2) is 9.97 Å². The highest BCUT2D eigenvalue weighted by atomic mass is 16.1. The van der Waals surface area contributed by atoms with Crippen LogP contribution in [0, 0.1) is 13.8 Å². The van der Waals surface area contributed by atoms with Gasteiger partial charge in [-0.15, -0.1) is 0 Å². The van der Waals surface area contributed by atoms with Gasteiger partial charge in [0.15, 0.2) is 12.1 Å². The first-order valence-electron chi connectivity index (χ1n) is 5.06. The monoisotopic (exact) mass is 212 g/mol. The van der Waals surface area contributed by atoms with E-state index in [1.165, 1.54) is 5.56 Å². The quantitative estimate of drug-likeness (QED) is 0.718. The molecule has 0 spiro atoms. The van der Waals surface area contributed by atoms with Gasteiger partial charge in [0.25, 0.3) is 0 Å². The summed E-state index contributed by atoms with van der Waals surface area (Å²) >= 11 is 0. The van der Waals surface area contributed by atoms with Crippen molar-refractivity contribution in [2.45, 2.75) is 13.8 Å². The number of hydrogen-bond acceptors (Lipinski definition) is 3. The van der Waals surface area contributed by atoms with E-state index in [0.29, 0.717) is 6.29 Å². The van der Waals surface area contributed by atoms with Crippen LogP contribution < -0.4 is 0 Å². The summed E-state index contributed by atoms with van der Waals surface area (Å²) in [4.78, 5) is 18.7. The molecule has 0 N–H and O–H groups in total. The Kier molecular flexibility index (Phi) is 2.77. The Morgan fingerprint density at radius 3 is 2.75 bits per heavy atom. The maximum Gasteiger partial charge on any atom is 0.193 e. The number of aromatic nitrogens is 2. The number of aldehydes is 1. The van der Waals surface area contributed by atoms with Crippen LogP contribution >= 0.6 is 0 Å². The van der Waals surface area contributed by atoms with Crippen molar-refractivity contribution in [3.8, 4) is 11.3 Å². The Hall–Kier alpha value is -2.03. The molecule has 0 fully saturated rings. The molecule has 16 heavy (non-hydrogen) atoms. The smallest absolute Gasteiger partial charge is 0.193 e. The number of nitrogens with zero attached hydrogens (tertiary/aromatic N) is 2. The highest BCUT2D eigenvalue weighted by Crippen LogP contribution is 2.22. The van der Waals surface area contributed by atoms with E-state index >= 15 is 0 Å². The van der Waals surface area contributed by atoms with E-state index in [1.807, 2.05) is 26.0 Å². The molecule has 0 unspecified atom stereocenters. The topological polar surface area (TPSA) is 42.9 Å². The first-order chi connectivity index (χ1) is 7.70. The predicted octanol–water partition coefficient (Wildman–Crippen LogP) is 2.57. The van der Waals surface area contributed by atoms with Gasteiger partial charge in [-0.3, -0.25) is 4.79 Å². The minimum atomic E-state index is 0.221. The van der Waals surface area contributed by atoms with Crippen molar-refractivity contribution >= 4 is 6.29 Å². The molecule has 0 radical (unpaired) electrons. The summed E-state index contributed by atoms with van der Waals surface area (Å²) in [5.74, 6) is 0.221. The third-order valence-corrected chi connectivity index (χ3v) is 2.45. The van der Waals surface area contributed by atoms with Crippen LogP contribution in [0.5, 0.6) is 0 Å². The van der Waals surface area contributed by atoms with Crippen molar-refractivity contribution < 1.29 is 4.79 Å². The zero-order valence-electron chi connectivity index (χ0n) is 9.27. The zero-order chi connectivity index (χ0) is 11.5.